The van der Waals surface area contributed by atoms with Gasteiger partial charge in [0.2, 0.25) is 20.8 Å². The van der Waals surface area contributed by atoms with Crippen LogP contribution in [0.5, 0.6) is 0 Å². The molecule has 0 fully saturated rings. The summed E-state index contributed by atoms with van der Waals surface area (Å²) in [5.41, 5.74) is 0. The molecule has 0 saturated carbocycles. The molecule has 0 bridgehead atoms. The summed E-state index contributed by atoms with van der Waals surface area (Å²) in [6.45, 7) is -1.62. The Morgan fingerprint density at radius 1 is 0.786 bits per heavy atom. The molecule has 0 aliphatic rings. The van der Waals surface area contributed by atoms with E-state index < -0.39 is 34.0 Å². The van der Waals surface area contributed by atoms with Gasteiger partial charge in [-0.25, -0.2) is 16.8 Å². The molecule has 0 aromatic carbocycles. The minimum atomic E-state index is -4.87. The predicted octanol–water partition coefficient (Wildman–Crippen LogP) is -8.05. The van der Waals surface area contributed by atoms with E-state index in [2.05, 4.69) is 8.37 Å². The molecule has 12 heteroatoms. The van der Waals surface area contributed by atoms with E-state index in [9.17, 15) is 25.9 Å². The Morgan fingerprint density at radius 3 is 1.14 bits per heavy atom. The molecular weight excluding hydrogens is 230 g/mol. The first kappa shape index (κ1) is 20.4. The number of hydrogen-bond donors (Lipinski definition) is 0. The third-order valence-electron chi connectivity index (χ3n) is 0.539. The monoisotopic (exact) mass is 234 g/mol. The summed E-state index contributed by atoms with van der Waals surface area (Å²) in [5.74, 6) is 0. The van der Waals surface area contributed by atoms with E-state index in [0.29, 0.717) is 0 Å². The van der Waals surface area contributed by atoms with E-state index in [1.165, 1.54) is 0 Å². The van der Waals surface area contributed by atoms with Gasteiger partial charge in [-0.15, -0.1) is 0 Å². The second-order valence-electron chi connectivity index (χ2n) is 1.46. The van der Waals surface area contributed by atoms with Gasteiger partial charge in [0.15, 0.2) is 0 Å². The Labute approximate surface area is 106 Å². The van der Waals surface area contributed by atoms with Gasteiger partial charge in [0, 0.05) is 0 Å². The normalized spacial score (nSPS) is 11.3. The second kappa shape index (κ2) is 8.13. The zero-order valence-corrected chi connectivity index (χ0v) is 9.13. The van der Waals surface area contributed by atoms with Gasteiger partial charge in [-0.1, -0.05) is 0 Å². The standard InChI is InChI=1S/C2H6O8S2.2Li/c3-11(4,5)9-1-2-10-12(6,7)8;;/h1-2H2,(H,3,4,5)(H,6,7,8);;/q;2*+1/p-2. The molecule has 0 aromatic heterocycles. The van der Waals surface area contributed by atoms with Crippen molar-refractivity contribution in [3.05, 3.63) is 0 Å². The first-order chi connectivity index (χ1) is 5.21. The number of hydrogen-bond acceptors (Lipinski definition) is 8. The van der Waals surface area contributed by atoms with E-state index in [1.54, 1.807) is 0 Å². The molecule has 0 saturated heterocycles. The molecule has 0 aliphatic heterocycles. The minimum Gasteiger partial charge on any atom is -0.726 e. The van der Waals surface area contributed by atoms with E-state index in [1.807, 2.05) is 0 Å². The summed E-state index contributed by atoms with van der Waals surface area (Å²) in [6, 6.07) is 0. The zero-order valence-electron chi connectivity index (χ0n) is 7.50. The van der Waals surface area contributed by atoms with Crippen LogP contribution in [0.25, 0.3) is 0 Å². The van der Waals surface area contributed by atoms with Crippen LogP contribution in [0.2, 0.25) is 0 Å². The maximum absolute atomic E-state index is 9.69. The van der Waals surface area contributed by atoms with Crippen LogP contribution < -0.4 is 37.7 Å². The van der Waals surface area contributed by atoms with Crippen molar-refractivity contribution in [1.82, 2.24) is 0 Å². The maximum atomic E-state index is 9.69. The summed E-state index contributed by atoms with van der Waals surface area (Å²) < 4.78 is 65.2. The van der Waals surface area contributed by atoms with E-state index in [0.717, 1.165) is 0 Å². The van der Waals surface area contributed by atoms with Gasteiger partial charge in [0.25, 0.3) is 0 Å². The maximum Gasteiger partial charge on any atom is 1.00 e. The van der Waals surface area contributed by atoms with Crippen LogP contribution in [0, 0.1) is 0 Å². The fraction of sp³-hybridized carbons (Fsp3) is 1.00. The Morgan fingerprint density at radius 2 is 1.00 bits per heavy atom. The Bertz CT molecular complexity index is 283. The third kappa shape index (κ3) is 18.7. The topological polar surface area (TPSA) is 133 Å². The largest absolute Gasteiger partial charge is 1.00 e. The third-order valence-corrected chi connectivity index (χ3v) is 1.45. The van der Waals surface area contributed by atoms with E-state index >= 15 is 0 Å². The first-order valence-electron chi connectivity index (χ1n) is 2.41. The van der Waals surface area contributed by atoms with Crippen molar-refractivity contribution in [3.63, 3.8) is 0 Å². The molecule has 0 aromatic rings. The molecule has 0 rings (SSSR count). The van der Waals surface area contributed by atoms with Gasteiger partial charge in [-0.05, 0) is 0 Å². The molecule has 0 aliphatic carbocycles. The SMILES string of the molecule is O=S(=O)([O-])OCCOS(=O)(=O)[O-].[Li+].[Li+]. The van der Waals surface area contributed by atoms with Crippen molar-refractivity contribution in [2.45, 2.75) is 0 Å². The molecule has 0 atom stereocenters. The molecule has 14 heavy (non-hydrogen) atoms. The first-order valence-corrected chi connectivity index (χ1v) is 5.08. The zero-order chi connectivity index (χ0) is 9.83. The van der Waals surface area contributed by atoms with Gasteiger partial charge in [0.1, 0.15) is 0 Å². The fourth-order valence-electron chi connectivity index (χ4n) is 0.272. The van der Waals surface area contributed by atoms with E-state index in [-0.39, 0.29) is 37.7 Å². The predicted molar refractivity (Wildman–Crippen MR) is 31.3 cm³/mol. The summed E-state index contributed by atoms with van der Waals surface area (Å²) in [4.78, 5) is 0. The molecular formula is C2H4Li2O8S2. The summed E-state index contributed by atoms with van der Waals surface area (Å²) in [7, 11) is -9.74. The molecule has 8 nitrogen and oxygen atoms in total. The van der Waals surface area contributed by atoms with Crippen molar-refractivity contribution in [1.29, 1.82) is 0 Å². The second-order valence-corrected chi connectivity index (χ2v) is 3.56. The summed E-state index contributed by atoms with van der Waals surface area (Å²) >= 11 is 0. The van der Waals surface area contributed by atoms with Crippen LogP contribution in [0.15, 0.2) is 0 Å². The van der Waals surface area contributed by atoms with Crippen LogP contribution in [-0.4, -0.2) is 39.2 Å². The fourth-order valence-corrected chi connectivity index (χ4v) is 0.816. The van der Waals surface area contributed by atoms with Crippen molar-refractivity contribution in [2.24, 2.45) is 0 Å². The molecule has 74 valence electrons. The molecule has 0 heterocycles. The van der Waals surface area contributed by atoms with Crippen LogP contribution in [0.3, 0.4) is 0 Å². The summed E-state index contributed by atoms with van der Waals surface area (Å²) in [5, 5.41) is 0. The number of rotatable bonds is 5. The molecule has 0 N–H and O–H groups in total. The van der Waals surface area contributed by atoms with Crippen LogP contribution in [0.1, 0.15) is 0 Å². The molecule has 0 unspecified atom stereocenters. The Kier molecular flexibility index (Phi) is 11.8. The van der Waals surface area contributed by atoms with Crippen LogP contribution >= 0.6 is 0 Å². The molecule has 0 amide bonds. The molecule has 0 spiro atoms. The minimum absolute atomic E-state index is 0. The van der Waals surface area contributed by atoms with Crippen molar-refractivity contribution in [3.8, 4) is 0 Å². The average molecular weight is 234 g/mol. The molecule has 0 radical (unpaired) electrons. The summed E-state index contributed by atoms with van der Waals surface area (Å²) in [6.07, 6.45) is 0. The Hall–Kier alpha value is 0.935. The van der Waals surface area contributed by atoms with Crippen LogP contribution in [-0.2, 0) is 29.2 Å². The van der Waals surface area contributed by atoms with Gasteiger partial charge in [-0.2, -0.15) is 0 Å². The Balaban J connectivity index is -0.000000605. The van der Waals surface area contributed by atoms with Crippen molar-refractivity contribution < 1.29 is 72.0 Å². The average Bonchev–Trinajstić information content (AvgIpc) is 1.76. The van der Waals surface area contributed by atoms with Crippen molar-refractivity contribution in [2.75, 3.05) is 13.2 Å². The van der Waals surface area contributed by atoms with E-state index in [4.69, 9.17) is 0 Å². The van der Waals surface area contributed by atoms with Gasteiger partial charge >= 0.3 is 37.7 Å². The van der Waals surface area contributed by atoms with Gasteiger partial charge < -0.3 is 9.11 Å². The van der Waals surface area contributed by atoms with Crippen molar-refractivity contribution >= 4 is 20.8 Å². The smallest absolute Gasteiger partial charge is 0.726 e. The van der Waals surface area contributed by atoms with Gasteiger partial charge in [0.05, 0.1) is 13.2 Å². The van der Waals surface area contributed by atoms with Gasteiger partial charge in [-0.3, -0.25) is 8.37 Å². The quantitative estimate of drug-likeness (QED) is 0.198. The van der Waals surface area contributed by atoms with Crippen LogP contribution in [0.4, 0.5) is 0 Å².